The quantitative estimate of drug-likeness (QED) is 0.723. The van der Waals surface area contributed by atoms with E-state index in [1.165, 1.54) is 6.26 Å². The zero-order chi connectivity index (χ0) is 21.9. The number of hydrogen-bond donors (Lipinski definition) is 1. The average Bonchev–Trinajstić information content (AvgIpc) is 2.68. The summed E-state index contributed by atoms with van der Waals surface area (Å²) in [6, 6.07) is 3.13. The molecule has 2 heterocycles. The highest BCUT2D eigenvalue weighted by Crippen LogP contribution is 2.29. The number of aromatic nitrogens is 1. The van der Waals surface area contributed by atoms with Gasteiger partial charge in [-0.3, -0.25) is 4.79 Å². The Balaban J connectivity index is 1.72. The molecule has 6 nitrogen and oxygen atoms in total. The topological polar surface area (TPSA) is 77.4 Å². The Labute approximate surface area is 180 Å². The van der Waals surface area contributed by atoms with Gasteiger partial charge in [-0.2, -0.15) is 0 Å². The Morgan fingerprint density at radius 1 is 1.20 bits per heavy atom. The van der Waals surface area contributed by atoms with E-state index in [4.69, 9.17) is 4.74 Å². The van der Waals surface area contributed by atoms with Crippen LogP contribution in [0.1, 0.15) is 63.3 Å². The number of aryl methyl sites for hydroxylation is 2. The first-order chi connectivity index (χ1) is 14.1. The first-order valence-electron chi connectivity index (χ1n) is 10.9. The van der Waals surface area contributed by atoms with Crippen molar-refractivity contribution < 1.29 is 13.2 Å². The molecule has 1 fully saturated rings. The molecular formula is C23H34N2O4S. The second-order valence-electron chi connectivity index (χ2n) is 9.04. The van der Waals surface area contributed by atoms with Gasteiger partial charge >= 0.3 is 0 Å². The molecule has 0 saturated heterocycles. The Kier molecular flexibility index (Phi) is 7.43. The molecule has 0 aromatic carbocycles. The minimum Gasteiger partial charge on any atom is -0.376 e. The van der Waals surface area contributed by atoms with Gasteiger partial charge in [0.25, 0.3) is 5.56 Å². The van der Waals surface area contributed by atoms with Crippen LogP contribution in [0.25, 0.3) is 0 Å². The number of pyridine rings is 1. The fraction of sp³-hybridized carbons (Fsp3) is 0.696. The Morgan fingerprint density at radius 3 is 2.53 bits per heavy atom. The van der Waals surface area contributed by atoms with Crippen molar-refractivity contribution >= 4 is 10.0 Å². The summed E-state index contributed by atoms with van der Waals surface area (Å²) in [5.74, 6) is 7.48. The number of rotatable bonds is 5. The zero-order valence-electron chi connectivity index (χ0n) is 18.5. The van der Waals surface area contributed by atoms with Gasteiger partial charge in [0.15, 0.2) is 0 Å². The summed E-state index contributed by atoms with van der Waals surface area (Å²) in [4.78, 5) is 12.9. The maximum Gasteiger partial charge on any atom is 0.254 e. The van der Waals surface area contributed by atoms with E-state index in [-0.39, 0.29) is 23.7 Å². The van der Waals surface area contributed by atoms with Crippen molar-refractivity contribution in [1.29, 1.82) is 0 Å². The fourth-order valence-electron chi connectivity index (χ4n) is 4.43. The van der Waals surface area contributed by atoms with Crippen LogP contribution >= 0.6 is 0 Å². The lowest BCUT2D eigenvalue weighted by atomic mass is 9.87. The number of ether oxygens (including phenoxy) is 1. The molecule has 1 aliphatic heterocycles. The van der Waals surface area contributed by atoms with E-state index in [1.54, 1.807) is 11.5 Å². The third-order valence-corrected chi connectivity index (χ3v) is 6.75. The second-order valence-corrected chi connectivity index (χ2v) is 10.8. The van der Waals surface area contributed by atoms with Crippen molar-refractivity contribution in [3.63, 3.8) is 0 Å². The van der Waals surface area contributed by atoms with Gasteiger partial charge < -0.3 is 9.30 Å². The molecule has 7 heteroatoms. The minimum absolute atomic E-state index is 0.0613. The molecule has 1 aromatic rings. The SMILES string of the molecule is Cc1ccc2n(c1=O)[C@@H](COC1CCC(C#CC(C)C)CC1)[C@@H](NS(C)(=O)=O)CC2. The largest absolute Gasteiger partial charge is 0.376 e. The summed E-state index contributed by atoms with van der Waals surface area (Å²) >= 11 is 0. The summed E-state index contributed by atoms with van der Waals surface area (Å²) in [5, 5.41) is 0. The van der Waals surface area contributed by atoms with E-state index in [9.17, 15) is 13.2 Å². The lowest BCUT2D eigenvalue weighted by molar-refractivity contribution is -0.00299. The predicted octanol–water partition coefficient (Wildman–Crippen LogP) is 2.80. The van der Waals surface area contributed by atoms with Crippen LogP contribution in [0.15, 0.2) is 16.9 Å². The van der Waals surface area contributed by atoms with Gasteiger partial charge in [0.05, 0.1) is 25.0 Å². The van der Waals surface area contributed by atoms with Crippen LogP contribution < -0.4 is 10.3 Å². The molecule has 2 atom stereocenters. The van der Waals surface area contributed by atoms with E-state index in [0.29, 0.717) is 36.8 Å². The number of hydrogen-bond acceptors (Lipinski definition) is 4. The molecule has 166 valence electrons. The van der Waals surface area contributed by atoms with Crippen molar-refractivity contribution in [3.05, 3.63) is 33.7 Å². The maximum atomic E-state index is 12.9. The van der Waals surface area contributed by atoms with Gasteiger partial charge in [-0.25, -0.2) is 13.1 Å². The average molecular weight is 435 g/mol. The monoisotopic (exact) mass is 434 g/mol. The Hall–Kier alpha value is -1.62. The van der Waals surface area contributed by atoms with Crippen LogP contribution in [-0.4, -0.2) is 38.0 Å². The summed E-state index contributed by atoms with van der Waals surface area (Å²) in [7, 11) is -3.38. The molecule has 0 radical (unpaired) electrons. The third-order valence-electron chi connectivity index (χ3n) is 6.02. The smallest absolute Gasteiger partial charge is 0.254 e. The van der Waals surface area contributed by atoms with Gasteiger partial charge in [-0.05, 0) is 51.5 Å². The summed E-state index contributed by atoms with van der Waals surface area (Å²) in [6.45, 7) is 6.33. The molecular weight excluding hydrogens is 400 g/mol. The van der Waals surface area contributed by atoms with E-state index >= 15 is 0 Å². The van der Waals surface area contributed by atoms with Crippen LogP contribution in [0.2, 0.25) is 0 Å². The molecule has 1 aliphatic carbocycles. The van der Waals surface area contributed by atoms with Gasteiger partial charge in [-0.1, -0.05) is 25.8 Å². The van der Waals surface area contributed by atoms with Crippen molar-refractivity contribution in [2.24, 2.45) is 11.8 Å². The highest BCUT2D eigenvalue weighted by Gasteiger charge is 2.33. The van der Waals surface area contributed by atoms with Gasteiger partial charge in [0.2, 0.25) is 10.0 Å². The molecule has 0 amide bonds. The molecule has 2 aliphatic rings. The first kappa shape index (κ1) is 23.1. The number of fused-ring (bicyclic) bond motifs is 1. The molecule has 0 unspecified atom stereocenters. The van der Waals surface area contributed by atoms with Gasteiger partial charge in [0.1, 0.15) is 0 Å². The number of nitrogens with zero attached hydrogens (tertiary/aromatic N) is 1. The highest BCUT2D eigenvalue weighted by atomic mass is 32.2. The zero-order valence-corrected chi connectivity index (χ0v) is 19.3. The van der Waals surface area contributed by atoms with Crippen LogP contribution in [-0.2, 0) is 21.2 Å². The van der Waals surface area contributed by atoms with E-state index in [0.717, 1.165) is 31.4 Å². The Bertz CT molecular complexity index is 963. The molecule has 0 bridgehead atoms. The normalized spacial score (nSPS) is 26.7. The number of sulfonamides is 1. The molecule has 30 heavy (non-hydrogen) atoms. The van der Waals surface area contributed by atoms with Gasteiger partial charge in [-0.15, -0.1) is 5.92 Å². The molecule has 1 N–H and O–H groups in total. The predicted molar refractivity (Wildman–Crippen MR) is 119 cm³/mol. The lowest BCUT2D eigenvalue weighted by Gasteiger charge is -2.36. The van der Waals surface area contributed by atoms with Crippen molar-refractivity contribution in [2.45, 2.75) is 77.5 Å². The standard InChI is InChI=1S/C23H34N2O4S/c1-16(2)5-7-18-8-12-20(13-9-18)29-15-22-21(24-30(4,27)28)14-11-19-10-6-17(3)23(26)25(19)22/h6,10,16,18,20-22,24H,8-9,11-15H2,1-4H3/t18?,20?,21-,22-/m0/s1. The van der Waals surface area contributed by atoms with Crippen molar-refractivity contribution in [3.8, 4) is 11.8 Å². The van der Waals surface area contributed by atoms with Crippen LogP contribution in [0.5, 0.6) is 0 Å². The van der Waals surface area contributed by atoms with E-state index in [1.807, 2.05) is 12.1 Å². The maximum absolute atomic E-state index is 12.9. The van der Waals surface area contributed by atoms with Crippen LogP contribution in [0, 0.1) is 30.6 Å². The first-order valence-corrected chi connectivity index (χ1v) is 12.8. The number of nitrogens with one attached hydrogen (secondary N) is 1. The fourth-order valence-corrected chi connectivity index (χ4v) is 5.26. The highest BCUT2D eigenvalue weighted by molar-refractivity contribution is 7.88. The molecule has 1 aromatic heterocycles. The summed E-state index contributed by atoms with van der Waals surface area (Å²) in [6.07, 6.45) is 6.56. The summed E-state index contributed by atoms with van der Waals surface area (Å²) in [5.41, 5.74) is 1.54. The molecule has 0 spiro atoms. The molecule has 3 rings (SSSR count). The van der Waals surface area contributed by atoms with Crippen LogP contribution in [0.3, 0.4) is 0 Å². The van der Waals surface area contributed by atoms with Gasteiger partial charge in [0, 0.05) is 29.1 Å². The van der Waals surface area contributed by atoms with E-state index < -0.39 is 10.0 Å². The second kappa shape index (κ2) is 9.67. The Morgan fingerprint density at radius 2 is 1.90 bits per heavy atom. The van der Waals surface area contributed by atoms with E-state index in [2.05, 4.69) is 30.4 Å². The van der Waals surface area contributed by atoms with Crippen molar-refractivity contribution in [2.75, 3.05) is 12.9 Å². The van der Waals surface area contributed by atoms with Crippen LogP contribution in [0.4, 0.5) is 0 Å². The molecule has 1 saturated carbocycles. The minimum atomic E-state index is -3.38. The summed E-state index contributed by atoms with van der Waals surface area (Å²) < 4.78 is 34.5. The third kappa shape index (κ3) is 5.96. The van der Waals surface area contributed by atoms with Crippen molar-refractivity contribution in [1.82, 2.24) is 9.29 Å². The lowest BCUT2D eigenvalue weighted by Crippen LogP contribution is -2.49.